The molecule has 33 heavy (non-hydrogen) atoms. The number of hydrogen-bond donors (Lipinski definition) is 6. The van der Waals surface area contributed by atoms with Crippen molar-refractivity contribution in [2.75, 3.05) is 38.2 Å². The molecule has 0 amide bonds. The maximum atomic E-state index is 11.8. The quantitative estimate of drug-likeness (QED) is 0.164. The number of fused-ring (bicyclic) bond motifs is 1. The summed E-state index contributed by atoms with van der Waals surface area (Å²) in [5, 5.41) is 28.7. The van der Waals surface area contributed by atoms with Gasteiger partial charge in [-0.25, -0.2) is 4.68 Å². The molecule has 5 atom stereocenters. The number of nitrogens with one attached hydrogen (secondary N) is 1. The minimum Gasteiger partial charge on any atom is -0.386 e. The Hall–Kier alpha value is -1.22. The molecule has 0 aliphatic carbocycles. The van der Waals surface area contributed by atoms with E-state index >= 15 is 0 Å². The molecule has 3 rings (SSSR count). The molecule has 0 saturated carbocycles. The molecule has 2 aromatic rings. The van der Waals surface area contributed by atoms with E-state index in [4.69, 9.17) is 30.9 Å². The van der Waals surface area contributed by atoms with Gasteiger partial charge in [-0.1, -0.05) is 0 Å². The van der Waals surface area contributed by atoms with E-state index in [1.165, 1.54) is 6.20 Å². The molecule has 1 saturated heterocycles. The summed E-state index contributed by atoms with van der Waals surface area (Å²) in [5.74, 6) is -1.05. The summed E-state index contributed by atoms with van der Waals surface area (Å²) in [5.41, 5.74) is 0.0908. The zero-order valence-corrected chi connectivity index (χ0v) is 19.8. The second kappa shape index (κ2) is 10.6. The van der Waals surface area contributed by atoms with E-state index in [1.54, 1.807) is 0 Å². The van der Waals surface area contributed by atoms with E-state index in [1.807, 2.05) is 0 Å². The molecular formula is C15H24ClN5O10P2. The fraction of sp³-hybridized carbons (Fsp3) is 0.667. The minimum absolute atomic E-state index is 0.00429. The average molecular weight is 532 g/mol. The van der Waals surface area contributed by atoms with Gasteiger partial charge in [0.1, 0.15) is 18.0 Å². The van der Waals surface area contributed by atoms with Gasteiger partial charge in [0.05, 0.1) is 30.8 Å². The van der Waals surface area contributed by atoms with Crippen molar-refractivity contribution in [1.29, 1.82) is 0 Å². The zero-order chi connectivity index (χ0) is 24.4. The SMILES string of the molecule is CO[C@H](COP(=O)(O)CP(=O)(O)O)[C@@H](O)[C@@H](O)n1ncc2c(N[C@H]3CCOC3)nc(Cl)nc21. The zero-order valence-electron chi connectivity index (χ0n) is 17.3. The molecule has 0 aromatic carbocycles. The fourth-order valence-corrected chi connectivity index (χ4v) is 5.88. The van der Waals surface area contributed by atoms with Crippen molar-refractivity contribution in [3.8, 4) is 0 Å². The second-order valence-corrected chi connectivity index (χ2v) is 11.6. The summed E-state index contributed by atoms with van der Waals surface area (Å²) in [4.78, 5) is 35.5. The summed E-state index contributed by atoms with van der Waals surface area (Å²) in [6, 6.07) is -0.00429. The molecular weight excluding hydrogens is 508 g/mol. The van der Waals surface area contributed by atoms with E-state index in [2.05, 4.69) is 24.9 Å². The van der Waals surface area contributed by atoms with Crippen molar-refractivity contribution >= 4 is 43.6 Å². The van der Waals surface area contributed by atoms with Gasteiger partial charge in [-0.05, 0) is 18.0 Å². The molecule has 0 bridgehead atoms. The highest BCUT2D eigenvalue weighted by Gasteiger charge is 2.35. The van der Waals surface area contributed by atoms with Crippen LogP contribution in [0.1, 0.15) is 12.6 Å². The van der Waals surface area contributed by atoms with Crippen LogP contribution in [0.15, 0.2) is 6.20 Å². The molecule has 3 heterocycles. The molecule has 1 aliphatic heterocycles. The molecule has 1 aliphatic rings. The van der Waals surface area contributed by atoms with Crippen LogP contribution in [0.5, 0.6) is 0 Å². The van der Waals surface area contributed by atoms with Crippen LogP contribution in [-0.2, 0) is 23.1 Å². The smallest absolute Gasteiger partial charge is 0.340 e. The molecule has 6 N–H and O–H groups in total. The highest BCUT2D eigenvalue weighted by molar-refractivity contribution is 7.70. The van der Waals surface area contributed by atoms with Crippen LogP contribution in [0.25, 0.3) is 11.0 Å². The number of aliphatic hydroxyl groups is 2. The Bertz CT molecular complexity index is 1060. The van der Waals surface area contributed by atoms with E-state index in [9.17, 15) is 24.2 Å². The van der Waals surface area contributed by atoms with E-state index < -0.39 is 46.1 Å². The van der Waals surface area contributed by atoms with E-state index in [0.29, 0.717) is 24.4 Å². The third kappa shape index (κ3) is 6.90. The van der Waals surface area contributed by atoms with Crippen LogP contribution in [0.2, 0.25) is 5.28 Å². The molecule has 186 valence electrons. The summed E-state index contributed by atoms with van der Waals surface area (Å²) >= 11 is 6.02. The number of aromatic nitrogens is 4. The minimum atomic E-state index is -4.83. The lowest BCUT2D eigenvalue weighted by atomic mass is 10.2. The van der Waals surface area contributed by atoms with Gasteiger partial charge >= 0.3 is 15.2 Å². The van der Waals surface area contributed by atoms with Crippen molar-refractivity contribution in [3.63, 3.8) is 0 Å². The van der Waals surface area contributed by atoms with E-state index in [0.717, 1.165) is 18.2 Å². The van der Waals surface area contributed by atoms with Gasteiger partial charge in [-0.3, -0.25) is 9.13 Å². The standard InChI is InChI=1S/C15H24ClN5O10P2/c1-29-10(6-31-33(27,28)7-32(24,25)26)11(22)14(23)21-13-9(4-17-21)12(19-15(16)20-13)18-8-2-3-30-5-8/h4,8,10-11,14,22-23H,2-3,5-7H2,1H3,(H,27,28)(H,18,19,20)(H2,24,25,26)/t8-,10+,11+,14+/m0/s1. The first-order chi connectivity index (χ1) is 15.4. The van der Waals surface area contributed by atoms with Gasteiger partial charge in [-0.2, -0.15) is 15.1 Å². The topological polar surface area (TPSA) is 219 Å². The van der Waals surface area contributed by atoms with Gasteiger partial charge in [0, 0.05) is 13.7 Å². The van der Waals surface area contributed by atoms with Gasteiger partial charge < -0.3 is 44.2 Å². The van der Waals surface area contributed by atoms with Crippen molar-refractivity contribution in [2.45, 2.75) is 30.9 Å². The number of methoxy groups -OCH3 is 1. The average Bonchev–Trinajstić information content (AvgIpc) is 3.35. The number of ether oxygens (including phenoxy) is 2. The van der Waals surface area contributed by atoms with Crippen LogP contribution in [0.3, 0.4) is 0 Å². The van der Waals surface area contributed by atoms with E-state index in [-0.39, 0.29) is 17.0 Å². The lowest BCUT2D eigenvalue weighted by Gasteiger charge is -2.26. The molecule has 18 heteroatoms. The van der Waals surface area contributed by atoms with Crippen LogP contribution in [0, 0.1) is 0 Å². The Morgan fingerprint density at radius 3 is 2.67 bits per heavy atom. The molecule has 0 radical (unpaired) electrons. The highest BCUT2D eigenvalue weighted by atomic mass is 35.5. The monoisotopic (exact) mass is 531 g/mol. The third-order valence-electron chi connectivity index (χ3n) is 4.74. The maximum absolute atomic E-state index is 11.8. The van der Waals surface area contributed by atoms with Gasteiger partial charge in [0.2, 0.25) is 5.28 Å². The molecule has 0 spiro atoms. The van der Waals surface area contributed by atoms with Gasteiger partial charge in [-0.15, -0.1) is 0 Å². The Morgan fingerprint density at radius 2 is 2.06 bits per heavy atom. The van der Waals surface area contributed by atoms with Gasteiger partial charge in [0.15, 0.2) is 17.8 Å². The Morgan fingerprint density at radius 1 is 1.33 bits per heavy atom. The Labute approximate surface area is 192 Å². The lowest BCUT2D eigenvalue weighted by molar-refractivity contribution is -0.117. The van der Waals surface area contributed by atoms with Crippen molar-refractivity contribution < 1.29 is 48.0 Å². The number of anilines is 1. The second-order valence-electron chi connectivity index (χ2n) is 7.29. The lowest BCUT2D eigenvalue weighted by Crippen LogP contribution is -2.39. The van der Waals surface area contributed by atoms with Crippen LogP contribution in [0.4, 0.5) is 5.82 Å². The third-order valence-corrected chi connectivity index (χ3v) is 8.37. The Balaban J connectivity index is 1.77. The normalized spacial score (nSPS) is 21.6. The van der Waals surface area contributed by atoms with Crippen LogP contribution in [-0.4, -0.2) is 95.7 Å². The summed E-state index contributed by atoms with van der Waals surface area (Å²) in [7, 11) is -8.38. The Kier molecular flexibility index (Phi) is 8.46. The van der Waals surface area contributed by atoms with Crippen molar-refractivity contribution in [3.05, 3.63) is 11.5 Å². The molecule has 15 nitrogen and oxygen atoms in total. The molecule has 1 fully saturated rings. The van der Waals surface area contributed by atoms with Crippen molar-refractivity contribution in [2.24, 2.45) is 0 Å². The first-order valence-electron chi connectivity index (χ1n) is 9.55. The van der Waals surface area contributed by atoms with Crippen molar-refractivity contribution in [1.82, 2.24) is 19.7 Å². The first-order valence-corrected chi connectivity index (χ1v) is 13.5. The maximum Gasteiger partial charge on any atom is 0.340 e. The molecule has 2 aromatic heterocycles. The van der Waals surface area contributed by atoms with Crippen LogP contribution >= 0.6 is 26.8 Å². The van der Waals surface area contributed by atoms with Crippen LogP contribution < -0.4 is 5.32 Å². The summed E-state index contributed by atoms with van der Waals surface area (Å²) in [6.07, 6.45) is -2.77. The largest absolute Gasteiger partial charge is 0.386 e. The summed E-state index contributed by atoms with van der Waals surface area (Å²) < 4.78 is 38.8. The number of nitrogens with zero attached hydrogens (tertiary/aromatic N) is 4. The predicted molar refractivity (Wildman–Crippen MR) is 114 cm³/mol. The number of halogens is 1. The number of rotatable bonds is 11. The summed E-state index contributed by atoms with van der Waals surface area (Å²) in [6.45, 7) is 0.315. The highest BCUT2D eigenvalue weighted by Crippen LogP contribution is 2.55. The molecule has 1 unspecified atom stereocenters. The fourth-order valence-electron chi connectivity index (χ4n) is 3.15. The predicted octanol–water partition coefficient (Wildman–Crippen LogP) is -0.116. The van der Waals surface area contributed by atoms with Gasteiger partial charge in [0.25, 0.3) is 0 Å². The number of aliphatic hydroxyl groups excluding tert-OH is 2. The first kappa shape index (κ1) is 26.4. The number of hydrogen-bond acceptors (Lipinski definition) is 11.